The zero-order valence-electron chi connectivity index (χ0n) is 10.4. The average Bonchev–Trinajstić information content (AvgIpc) is 2.16. The third-order valence-corrected chi connectivity index (χ3v) is 19.2. The summed E-state index contributed by atoms with van der Waals surface area (Å²) >= 11 is -1.26. The predicted octanol–water partition coefficient (Wildman–Crippen LogP) is 4.61. The Kier molecular flexibility index (Phi) is 7.58. The van der Waals surface area contributed by atoms with E-state index in [2.05, 4.69) is 41.5 Å². The van der Waals surface area contributed by atoms with Crippen molar-refractivity contribution >= 4 is 19.8 Å². The molecule has 13 heavy (non-hydrogen) atoms. The fraction of sp³-hybridized carbons (Fsp3) is 1.00. The quantitative estimate of drug-likeness (QED) is 0.627. The zero-order chi connectivity index (χ0) is 10.4. The van der Waals surface area contributed by atoms with Crippen LogP contribution in [0.4, 0.5) is 0 Å². The second-order valence-corrected chi connectivity index (χ2v) is 17.8. The Morgan fingerprint density at radius 2 is 0.923 bits per heavy atom. The third kappa shape index (κ3) is 4.22. The summed E-state index contributed by atoms with van der Waals surface area (Å²) in [5, 5.41) is 0. The molecule has 0 N–H and O–H groups in total. The SMILES string of the molecule is CC[CH](C)[SnH]([CH](C)CC)[CH](C)CC. The fourth-order valence-corrected chi connectivity index (χ4v) is 16.8. The summed E-state index contributed by atoms with van der Waals surface area (Å²) in [6.45, 7) is 14.7. The van der Waals surface area contributed by atoms with E-state index in [9.17, 15) is 0 Å². The van der Waals surface area contributed by atoms with Crippen LogP contribution in [0, 0.1) is 0 Å². The van der Waals surface area contributed by atoms with Crippen LogP contribution in [0.5, 0.6) is 0 Å². The van der Waals surface area contributed by atoms with E-state index in [1.54, 1.807) is 0 Å². The Balaban J connectivity index is 4.34. The first-order chi connectivity index (χ1) is 6.08. The molecule has 0 fully saturated rings. The number of hydrogen-bond acceptors (Lipinski definition) is 0. The molecule has 80 valence electrons. The second-order valence-electron chi connectivity index (χ2n) is 4.73. The zero-order valence-corrected chi connectivity index (χ0v) is 13.7. The molecular formula is C12H28Sn. The van der Waals surface area contributed by atoms with Crippen molar-refractivity contribution in [3.8, 4) is 0 Å². The number of hydrogen-bond donors (Lipinski definition) is 0. The molecule has 0 saturated heterocycles. The summed E-state index contributed by atoms with van der Waals surface area (Å²) in [7, 11) is 0. The van der Waals surface area contributed by atoms with Gasteiger partial charge in [-0.15, -0.1) is 0 Å². The van der Waals surface area contributed by atoms with Gasteiger partial charge in [0.25, 0.3) is 0 Å². The first kappa shape index (κ1) is 13.8. The maximum absolute atomic E-state index is 2.51. The summed E-state index contributed by atoms with van der Waals surface area (Å²) in [5.41, 5.74) is 0. The molecule has 0 aromatic rings. The molecule has 0 aliphatic heterocycles. The van der Waals surface area contributed by atoms with Gasteiger partial charge in [0.05, 0.1) is 0 Å². The van der Waals surface area contributed by atoms with Crippen LogP contribution in [-0.4, -0.2) is 19.8 Å². The molecule has 3 unspecified atom stereocenters. The molecule has 1 heteroatoms. The van der Waals surface area contributed by atoms with Crippen molar-refractivity contribution in [1.82, 2.24) is 0 Å². The molecular weight excluding hydrogens is 263 g/mol. The molecule has 0 bridgehead atoms. The summed E-state index contributed by atoms with van der Waals surface area (Å²) in [5.74, 6) is 0. The summed E-state index contributed by atoms with van der Waals surface area (Å²) in [6, 6.07) is 0. The van der Waals surface area contributed by atoms with Crippen LogP contribution in [-0.2, 0) is 0 Å². The van der Waals surface area contributed by atoms with Crippen LogP contribution in [0.15, 0.2) is 0 Å². The molecule has 0 spiro atoms. The van der Waals surface area contributed by atoms with Crippen molar-refractivity contribution in [3.63, 3.8) is 0 Å². The molecule has 0 rings (SSSR count). The van der Waals surface area contributed by atoms with E-state index in [0.29, 0.717) is 0 Å². The molecule has 0 amide bonds. The third-order valence-electron chi connectivity index (χ3n) is 3.90. The van der Waals surface area contributed by atoms with Crippen LogP contribution in [0.2, 0.25) is 11.8 Å². The van der Waals surface area contributed by atoms with Gasteiger partial charge in [-0.3, -0.25) is 0 Å². The van der Waals surface area contributed by atoms with Crippen molar-refractivity contribution in [2.45, 2.75) is 72.6 Å². The van der Waals surface area contributed by atoms with E-state index in [4.69, 9.17) is 0 Å². The molecule has 3 atom stereocenters. The van der Waals surface area contributed by atoms with E-state index in [-0.39, 0.29) is 0 Å². The normalized spacial score (nSPS) is 20.8. The molecule has 0 saturated carbocycles. The Morgan fingerprint density at radius 1 is 0.692 bits per heavy atom. The van der Waals surface area contributed by atoms with Crippen molar-refractivity contribution in [2.24, 2.45) is 0 Å². The molecule has 0 nitrogen and oxygen atoms in total. The van der Waals surface area contributed by atoms with Gasteiger partial charge in [-0.25, -0.2) is 0 Å². The van der Waals surface area contributed by atoms with Crippen LogP contribution in [0.3, 0.4) is 0 Å². The molecule has 0 aromatic heterocycles. The Hall–Kier alpha value is 0.799. The first-order valence-electron chi connectivity index (χ1n) is 6.08. The van der Waals surface area contributed by atoms with E-state index in [1.165, 1.54) is 19.3 Å². The Morgan fingerprint density at radius 3 is 1.08 bits per heavy atom. The van der Waals surface area contributed by atoms with E-state index in [1.807, 2.05) is 0 Å². The van der Waals surface area contributed by atoms with Gasteiger partial charge in [-0.2, -0.15) is 0 Å². The van der Waals surface area contributed by atoms with Crippen molar-refractivity contribution in [2.75, 3.05) is 0 Å². The Labute approximate surface area is 92.2 Å². The fourth-order valence-electron chi connectivity index (χ4n) is 2.50. The van der Waals surface area contributed by atoms with Crippen molar-refractivity contribution in [1.29, 1.82) is 0 Å². The second kappa shape index (κ2) is 7.14. The summed E-state index contributed by atoms with van der Waals surface area (Å²) in [4.78, 5) is 0. The minimum absolute atomic E-state index is 1.10. The number of rotatable bonds is 6. The molecule has 0 aliphatic rings. The van der Waals surface area contributed by atoms with Gasteiger partial charge in [0.1, 0.15) is 0 Å². The summed E-state index contributed by atoms with van der Waals surface area (Å²) in [6.07, 6.45) is 4.28. The van der Waals surface area contributed by atoms with E-state index >= 15 is 0 Å². The Bertz CT molecular complexity index is 98.5. The molecule has 0 heterocycles. The average molecular weight is 291 g/mol. The van der Waals surface area contributed by atoms with Gasteiger partial charge in [-0.1, -0.05) is 0 Å². The molecule has 0 aliphatic carbocycles. The molecule has 0 radical (unpaired) electrons. The van der Waals surface area contributed by atoms with Crippen molar-refractivity contribution < 1.29 is 0 Å². The molecule has 0 aromatic carbocycles. The van der Waals surface area contributed by atoms with Gasteiger partial charge in [0, 0.05) is 0 Å². The van der Waals surface area contributed by atoms with Gasteiger partial charge < -0.3 is 0 Å². The van der Waals surface area contributed by atoms with Gasteiger partial charge in [-0.05, 0) is 0 Å². The van der Waals surface area contributed by atoms with Crippen LogP contribution >= 0.6 is 0 Å². The van der Waals surface area contributed by atoms with Crippen LogP contribution in [0.1, 0.15) is 60.8 Å². The van der Waals surface area contributed by atoms with Gasteiger partial charge in [0.2, 0.25) is 0 Å². The standard InChI is InChI=1S/3C4H9.Sn.H/c3*1-3-4-2;;/h3*3H,4H2,1-2H3;;. The maximum atomic E-state index is 2.51. The van der Waals surface area contributed by atoms with Crippen LogP contribution < -0.4 is 0 Å². The van der Waals surface area contributed by atoms with Crippen molar-refractivity contribution in [3.05, 3.63) is 0 Å². The minimum atomic E-state index is -1.26. The monoisotopic (exact) mass is 292 g/mol. The summed E-state index contributed by atoms with van der Waals surface area (Å²) < 4.78 is 3.31. The van der Waals surface area contributed by atoms with E-state index < -0.39 is 19.8 Å². The van der Waals surface area contributed by atoms with Gasteiger partial charge in [0.15, 0.2) is 0 Å². The predicted molar refractivity (Wildman–Crippen MR) is 66.3 cm³/mol. The first-order valence-corrected chi connectivity index (χ1v) is 11.8. The van der Waals surface area contributed by atoms with E-state index in [0.717, 1.165) is 11.8 Å². The topological polar surface area (TPSA) is 0 Å². The van der Waals surface area contributed by atoms with Gasteiger partial charge >= 0.3 is 92.4 Å². The van der Waals surface area contributed by atoms with Crippen LogP contribution in [0.25, 0.3) is 0 Å².